The minimum Gasteiger partial charge on any atom is -0.358 e. The van der Waals surface area contributed by atoms with Gasteiger partial charge in [0.05, 0.1) is 0 Å². The molecule has 3 aromatic rings. The van der Waals surface area contributed by atoms with E-state index in [2.05, 4.69) is 29.6 Å². The van der Waals surface area contributed by atoms with Crippen LogP contribution in [-0.4, -0.2) is 19.9 Å². The third-order valence-corrected chi connectivity index (χ3v) is 7.65. The van der Waals surface area contributed by atoms with Gasteiger partial charge in [-0.1, -0.05) is 39.0 Å². The van der Waals surface area contributed by atoms with Crippen molar-refractivity contribution < 1.29 is 8.42 Å². The van der Waals surface area contributed by atoms with E-state index in [9.17, 15) is 8.42 Å². The smallest absolute Gasteiger partial charge is 0.250 e. The molecule has 0 atom stereocenters. The highest BCUT2D eigenvalue weighted by molar-refractivity contribution is 7.91. The number of thiophene rings is 1. The van der Waals surface area contributed by atoms with Gasteiger partial charge < -0.3 is 4.98 Å². The molecule has 0 fully saturated rings. The number of para-hydroxylation sites is 1. The molecule has 0 saturated carbocycles. The van der Waals surface area contributed by atoms with Crippen LogP contribution in [0.3, 0.4) is 0 Å². The van der Waals surface area contributed by atoms with E-state index in [0.29, 0.717) is 10.8 Å². The minimum atomic E-state index is -3.48. The van der Waals surface area contributed by atoms with Crippen molar-refractivity contribution in [1.29, 1.82) is 0 Å². The summed E-state index contributed by atoms with van der Waals surface area (Å²) in [6.45, 7) is 8.56. The molecular formula is C19H24N2O2S2. The fourth-order valence-electron chi connectivity index (χ4n) is 3.28. The van der Waals surface area contributed by atoms with Gasteiger partial charge >= 0.3 is 0 Å². The molecule has 2 aromatic heterocycles. The zero-order chi connectivity index (χ0) is 18.2. The van der Waals surface area contributed by atoms with Crippen LogP contribution in [0.5, 0.6) is 0 Å². The first kappa shape index (κ1) is 18.2. The lowest BCUT2D eigenvalue weighted by molar-refractivity contribution is 0.503. The van der Waals surface area contributed by atoms with Crippen LogP contribution in [0.15, 0.2) is 40.6 Å². The van der Waals surface area contributed by atoms with Crippen LogP contribution in [0, 0.1) is 6.92 Å². The fraction of sp³-hybridized carbons (Fsp3) is 0.368. The largest absolute Gasteiger partial charge is 0.358 e. The van der Waals surface area contributed by atoms with E-state index >= 15 is 0 Å². The zero-order valence-electron chi connectivity index (χ0n) is 15.0. The molecule has 0 bridgehead atoms. The molecule has 6 heteroatoms. The highest BCUT2D eigenvalue weighted by atomic mass is 32.2. The molecule has 0 aliphatic carbocycles. The Hall–Kier alpha value is -1.63. The third kappa shape index (κ3) is 3.52. The van der Waals surface area contributed by atoms with E-state index in [-0.39, 0.29) is 5.41 Å². The number of aromatic amines is 1. The molecule has 0 radical (unpaired) electrons. The normalized spacial score (nSPS) is 12.8. The van der Waals surface area contributed by atoms with Crippen molar-refractivity contribution in [3.05, 3.63) is 52.5 Å². The number of aromatic nitrogens is 1. The Morgan fingerprint density at radius 3 is 2.56 bits per heavy atom. The van der Waals surface area contributed by atoms with Gasteiger partial charge in [0.25, 0.3) is 0 Å². The molecule has 0 saturated heterocycles. The predicted molar refractivity (Wildman–Crippen MR) is 105 cm³/mol. The Bertz CT molecular complexity index is 998. The molecule has 1 aromatic carbocycles. The molecule has 0 spiro atoms. The summed E-state index contributed by atoms with van der Waals surface area (Å²) in [6.07, 6.45) is 0.847. The molecule has 3 rings (SSSR count). The number of fused-ring (bicyclic) bond motifs is 1. The highest BCUT2D eigenvalue weighted by Crippen LogP contribution is 2.33. The summed E-state index contributed by atoms with van der Waals surface area (Å²) in [4.78, 5) is 4.47. The van der Waals surface area contributed by atoms with Crippen LogP contribution >= 0.6 is 11.3 Å². The predicted octanol–water partition coefficient (Wildman–Crippen LogP) is 4.36. The Labute approximate surface area is 153 Å². The number of aryl methyl sites for hydroxylation is 2. The van der Waals surface area contributed by atoms with Gasteiger partial charge in [-0.15, -0.1) is 11.3 Å². The molecule has 0 aliphatic rings. The molecule has 4 nitrogen and oxygen atoms in total. The Kier molecular flexibility index (Phi) is 4.79. The number of benzene rings is 1. The van der Waals surface area contributed by atoms with E-state index < -0.39 is 10.0 Å². The number of rotatable bonds is 6. The highest BCUT2D eigenvalue weighted by Gasteiger charge is 2.29. The Morgan fingerprint density at radius 2 is 1.88 bits per heavy atom. The molecule has 0 aliphatic heterocycles. The maximum atomic E-state index is 12.6. The van der Waals surface area contributed by atoms with Gasteiger partial charge in [0.2, 0.25) is 10.0 Å². The second-order valence-electron chi connectivity index (χ2n) is 6.95. The molecule has 0 amide bonds. The number of hydrogen-bond donors (Lipinski definition) is 2. The standard InChI is InChI=1S/C19H24N2O2S2/c1-5-14-10-11-17(24-14)25(22,23)20-12-19(3,4)18-13(2)21-16-9-7-6-8-15(16)18/h6-11,20-21H,5,12H2,1-4H3. The monoisotopic (exact) mass is 376 g/mol. The Balaban J connectivity index is 1.87. The summed E-state index contributed by atoms with van der Waals surface area (Å²) in [7, 11) is -3.48. The molecule has 134 valence electrons. The third-order valence-electron chi connectivity index (χ3n) is 4.52. The quantitative estimate of drug-likeness (QED) is 0.671. The van der Waals surface area contributed by atoms with E-state index in [4.69, 9.17) is 0 Å². The lowest BCUT2D eigenvalue weighted by Gasteiger charge is -2.26. The second kappa shape index (κ2) is 6.59. The van der Waals surface area contributed by atoms with Crippen molar-refractivity contribution >= 4 is 32.3 Å². The molecule has 2 heterocycles. The van der Waals surface area contributed by atoms with Gasteiger partial charge in [-0.05, 0) is 37.1 Å². The summed E-state index contributed by atoms with van der Waals surface area (Å²) in [5, 5.41) is 1.15. The van der Waals surface area contributed by atoms with E-state index in [1.165, 1.54) is 11.3 Å². The average Bonchev–Trinajstić information content (AvgIpc) is 3.17. The summed E-state index contributed by atoms with van der Waals surface area (Å²) in [5.74, 6) is 0. The van der Waals surface area contributed by atoms with Crippen molar-refractivity contribution in [1.82, 2.24) is 9.71 Å². The fourth-order valence-corrected chi connectivity index (χ4v) is 5.83. The van der Waals surface area contributed by atoms with Gasteiger partial charge in [0, 0.05) is 33.4 Å². The Morgan fingerprint density at radius 1 is 1.16 bits per heavy atom. The first-order valence-corrected chi connectivity index (χ1v) is 10.7. The van der Waals surface area contributed by atoms with Crippen LogP contribution < -0.4 is 4.72 Å². The SMILES string of the molecule is CCc1ccc(S(=O)(=O)NCC(C)(C)c2c(C)[nH]c3ccccc23)s1. The van der Waals surface area contributed by atoms with Crippen LogP contribution in [0.1, 0.15) is 36.9 Å². The summed E-state index contributed by atoms with van der Waals surface area (Å²) in [6, 6.07) is 11.7. The van der Waals surface area contributed by atoms with Gasteiger partial charge in [0.1, 0.15) is 4.21 Å². The van der Waals surface area contributed by atoms with Gasteiger partial charge in [-0.2, -0.15) is 0 Å². The lowest BCUT2D eigenvalue weighted by Crippen LogP contribution is -2.36. The van der Waals surface area contributed by atoms with Crippen molar-refractivity contribution in [2.24, 2.45) is 0 Å². The first-order valence-electron chi connectivity index (χ1n) is 8.41. The molecular weight excluding hydrogens is 352 g/mol. The van der Waals surface area contributed by atoms with E-state index in [1.54, 1.807) is 6.07 Å². The van der Waals surface area contributed by atoms with E-state index in [0.717, 1.165) is 33.5 Å². The van der Waals surface area contributed by atoms with Crippen molar-refractivity contribution in [2.45, 2.75) is 43.7 Å². The van der Waals surface area contributed by atoms with Crippen molar-refractivity contribution in [3.8, 4) is 0 Å². The number of H-pyrrole nitrogens is 1. The summed E-state index contributed by atoms with van der Waals surface area (Å²) < 4.78 is 28.4. The van der Waals surface area contributed by atoms with Crippen LogP contribution in [0.25, 0.3) is 10.9 Å². The molecule has 2 N–H and O–H groups in total. The van der Waals surface area contributed by atoms with Gasteiger partial charge in [0.15, 0.2) is 0 Å². The molecule has 25 heavy (non-hydrogen) atoms. The van der Waals surface area contributed by atoms with Crippen LogP contribution in [0.4, 0.5) is 0 Å². The average molecular weight is 377 g/mol. The number of nitrogens with one attached hydrogen (secondary N) is 2. The summed E-state index contributed by atoms with van der Waals surface area (Å²) in [5.41, 5.74) is 2.99. The van der Waals surface area contributed by atoms with Crippen LogP contribution in [0.2, 0.25) is 0 Å². The first-order chi connectivity index (χ1) is 11.7. The van der Waals surface area contributed by atoms with Gasteiger partial charge in [-0.3, -0.25) is 0 Å². The zero-order valence-corrected chi connectivity index (χ0v) is 16.6. The van der Waals surface area contributed by atoms with Crippen molar-refractivity contribution in [3.63, 3.8) is 0 Å². The molecule has 0 unspecified atom stereocenters. The minimum absolute atomic E-state index is 0.332. The number of hydrogen-bond acceptors (Lipinski definition) is 3. The second-order valence-corrected chi connectivity index (χ2v) is 10.1. The van der Waals surface area contributed by atoms with E-state index in [1.807, 2.05) is 38.1 Å². The maximum Gasteiger partial charge on any atom is 0.250 e. The van der Waals surface area contributed by atoms with Crippen LogP contribution in [-0.2, 0) is 21.9 Å². The van der Waals surface area contributed by atoms with Gasteiger partial charge in [-0.25, -0.2) is 13.1 Å². The maximum absolute atomic E-state index is 12.6. The summed E-state index contributed by atoms with van der Waals surface area (Å²) >= 11 is 1.34. The number of sulfonamides is 1. The lowest BCUT2D eigenvalue weighted by atomic mass is 9.83. The topological polar surface area (TPSA) is 62.0 Å². The van der Waals surface area contributed by atoms with Crippen molar-refractivity contribution in [2.75, 3.05) is 6.54 Å².